The average molecular weight is 309 g/mol. The van der Waals surface area contributed by atoms with Gasteiger partial charge in [0.25, 0.3) is 0 Å². The molecule has 0 saturated carbocycles. The molecular weight excluding hydrogens is 288 g/mol. The van der Waals surface area contributed by atoms with Crippen LogP contribution >= 0.6 is 11.6 Å². The number of nitrogens with zero attached hydrogens (tertiary/aromatic N) is 2. The highest BCUT2D eigenvalue weighted by Gasteiger charge is 2.15. The normalized spacial score (nSPS) is 12.4. The predicted molar refractivity (Wildman–Crippen MR) is 83.7 cm³/mol. The van der Waals surface area contributed by atoms with Gasteiger partial charge in [0.15, 0.2) is 0 Å². The first kappa shape index (κ1) is 15.9. The zero-order valence-electron chi connectivity index (χ0n) is 12.6. The summed E-state index contributed by atoms with van der Waals surface area (Å²) >= 11 is 6.35. The molecular formula is C16H21ClN2O2. The van der Waals surface area contributed by atoms with Crippen molar-refractivity contribution < 1.29 is 9.84 Å². The molecule has 21 heavy (non-hydrogen) atoms. The first-order valence-corrected chi connectivity index (χ1v) is 7.59. The minimum absolute atomic E-state index is 0.364. The Hall–Kier alpha value is -1.52. The number of rotatable bonds is 6. The number of benzene rings is 1. The molecule has 0 spiro atoms. The summed E-state index contributed by atoms with van der Waals surface area (Å²) in [5.41, 5.74) is 2.62. The fraction of sp³-hybridized carbons (Fsp3) is 0.438. The van der Waals surface area contributed by atoms with Gasteiger partial charge in [-0.15, -0.1) is 0 Å². The number of ether oxygens (including phenoxy) is 1. The van der Waals surface area contributed by atoms with Crippen LogP contribution in [0.5, 0.6) is 5.75 Å². The van der Waals surface area contributed by atoms with Crippen LogP contribution in [0.15, 0.2) is 24.3 Å². The maximum Gasteiger partial charge on any atom is 0.131 e. The molecule has 1 aromatic heterocycles. The summed E-state index contributed by atoms with van der Waals surface area (Å²) in [4.78, 5) is 0. The highest BCUT2D eigenvalue weighted by Crippen LogP contribution is 2.24. The molecule has 1 heterocycles. The lowest BCUT2D eigenvalue weighted by Gasteiger charge is -2.10. The second kappa shape index (κ2) is 6.96. The molecule has 0 fully saturated rings. The molecule has 114 valence electrons. The summed E-state index contributed by atoms with van der Waals surface area (Å²) in [5.74, 6) is 0.714. The molecule has 0 aliphatic heterocycles. The lowest BCUT2D eigenvalue weighted by molar-refractivity contribution is 0.198. The number of hydrogen-bond donors (Lipinski definition) is 1. The van der Waals surface area contributed by atoms with Gasteiger partial charge in [-0.2, -0.15) is 5.10 Å². The third-order valence-corrected chi connectivity index (χ3v) is 3.85. The molecule has 0 amide bonds. The molecule has 4 nitrogen and oxygen atoms in total. The minimum atomic E-state index is -0.509. The van der Waals surface area contributed by atoms with E-state index in [1.807, 2.05) is 42.8 Å². The van der Waals surface area contributed by atoms with Gasteiger partial charge in [-0.1, -0.05) is 30.7 Å². The van der Waals surface area contributed by atoms with Gasteiger partial charge in [-0.3, -0.25) is 4.68 Å². The minimum Gasteiger partial charge on any atom is -0.487 e. The van der Waals surface area contributed by atoms with Crippen LogP contribution in [0.1, 0.15) is 43.8 Å². The average Bonchev–Trinajstić information content (AvgIpc) is 2.81. The number of aromatic nitrogens is 2. The van der Waals surface area contributed by atoms with Crippen molar-refractivity contribution in [1.82, 2.24) is 9.78 Å². The fourth-order valence-corrected chi connectivity index (χ4v) is 2.49. The van der Waals surface area contributed by atoms with E-state index in [4.69, 9.17) is 16.3 Å². The Bertz CT molecular complexity index is 608. The summed E-state index contributed by atoms with van der Waals surface area (Å²) in [5, 5.41) is 14.8. The Morgan fingerprint density at radius 3 is 2.76 bits per heavy atom. The van der Waals surface area contributed by atoms with Crippen LogP contribution in [0.3, 0.4) is 0 Å². The van der Waals surface area contributed by atoms with Gasteiger partial charge in [0, 0.05) is 6.54 Å². The molecule has 1 atom stereocenters. The van der Waals surface area contributed by atoms with Crippen molar-refractivity contribution in [3.05, 3.63) is 46.2 Å². The van der Waals surface area contributed by atoms with Crippen molar-refractivity contribution >= 4 is 11.6 Å². The van der Waals surface area contributed by atoms with Crippen LogP contribution < -0.4 is 4.74 Å². The number of aryl methyl sites for hydroxylation is 2. The molecule has 0 unspecified atom stereocenters. The molecule has 0 aliphatic rings. The van der Waals surface area contributed by atoms with Crippen LogP contribution in [0.4, 0.5) is 0 Å². The van der Waals surface area contributed by atoms with E-state index < -0.39 is 6.10 Å². The molecule has 0 aliphatic carbocycles. The van der Waals surface area contributed by atoms with Crippen molar-refractivity contribution in [1.29, 1.82) is 0 Å². The van der Waals surface area contributed by atoms with E-state index in [9.17, 15) is 5.11 Å². The molecule has 2 aromatic rings. The van der Waals surface area contributed by atoms with Crippen LogP contribution in [-0.2, 0) is 19.6 Å². The van der Waals surface area contributed by atoms with Crippen LogP contribution in [0, 0.1) is 0 Å². The summed E-state index contributed by atoms with van der Waals surface area (Å²) in [7, 11) is 0. The monoisotopic (exact) mass is 308 g/mol. The lowest BCUT2D eigenvalue weighted by atomic mass is 10.1. The van der Waals surface area contributed by atoms with Crippen molar-refractivity contribution in [2.75, 3.05) is 0 Å². The highest BCUT2D eigenvalue weighted by molar-refractivity contribution is 6.31. The molecule has 0 radical (unpaired) electrons. The van der Waals surface area contributed by atoms with E-state index >= 15 is 0 Å². The fourth-order valence-electron chi connectivity index (χ4n) is 2.17. The van der Waals surface area contributed by atoms with Gasteiger partial charge in [0.05, 0.1) is 22.5 Å². The van der Waals surface area contributed by atoms with E-state index in [-0.39, 0.29) is 0 Å². The van der Waals surface area contributed by atoms with Crippen molar-refractivity contribution in [2.45, 2.75) is 46.4 Å². The highest BCUT2D eigenvalue weighted by atomic mass is 35.5. The Morgan fingerprint density at radius 1 is 1.38 bits per heavy atom. The zero-order valence-corrected chi connectivity index (χ0v) is 13.4. The quantitative estimate of drug-likeness (QED) is 0.884. The molecule has 1 aromatic carbocycles. The van der Waals surface area contributed by atoms with Crippen molar-refractivity contribution in [2.24, 2.45) is 0 Å². The number of halogens is 1. The van der Waals surface area contributed by atoms with Crippen LogP contribution in [0.2, 0.25) is 5.02 Å². The number of aliphatic hydroxyl groups excluding tert-OH is 1. The molecule has 1 N–H and O–H groups in total. The first-order chi connectivity index (χ1) is 10.1. The van der Waals surface area contributed by atoms with Gasteiger partial charge in [0.2, 0.25) is 0 Å². The van der Waals surface area contributed by atoms with E-state index in [2.05, 4.69) is 5.10 Å². The standard InChI is InChI=1S/C16H21ClN2O2/c1-4-14-16(17)15(19(5-2)18-14)10-21-13-8-6-7-12(9-13)11(3)20/h6-9,11,20H,4-5,10H2,1-3H3/t11-/m1/s1. The molecule has 2 rings (SSSR count). The van der Waals surface area contributed by atoms with Gasteiger partial charge >= 0.3 is 0 Å². The van der Waals surface area contributed by atoms with Gasteiger partial charge in [-0.05, 0) is 38.0 Å². The summed E-state index contributed by atoms with van der Waals surface area (Å²) in [6.07, 6.45) is 0.293. The van der Waals surface area contributed by atoms with Gasteiger partial charge in [0.1, 0.15) is 12.4 Å². The summed E-state index contributed by atoms with van der Waals surface area (Å²) in [6.45, 7) is 6.91. The van der Waals surface area contributed by atoms with E-state index in [1.54, 1.807) is 6.92 Å². The van der Waals surface area contributed by atoms with Crippen molar-refractivity contribution in [3.8, 4) is 5.75 Å². The van der Waals surface area contributed by atoms with Crippen molar-refractivity contribution in [3.63, 3.8) is 0 Å². The Kier molecular flexibility index (Phi) is 5.26. The summed E-state index contributed by atoms with van der Waals surface area (Å²) in [6, 6.07) is 7.45. The Balaban J connectivity index is 2.16. The van der Waals surface area contributed by atoms with E-state index in [0.717, 1.165) is 29.9 Å². The maximum atomic E-state index is 9.60. The molecule has 0 saturated heterocycles. The third kappa shape index (κ3) is 3.57. The van der Waals surface area contributed by atoms with Crippen LogP contribution in [0.25, 0.3) is 0 Å². The molecule has 0 bridgehead atoms. The third-order valence-electron chi connectivity index (χ3n) is 3.41. The first-order valence-electron chi connectivity index (χ1n) is 7.21. The second-order valence-corrected chi connectivity index (χ2v) is 5.29. The van der Waals surface area contributed by atoms with E-state index in [0.29, 0.717) is 17.4 Å². The van der Waals surface area contributed by atoms with Gasteiger partial charge in [-0.25, -0.2) is 0 Å². The van der Waals surface area contributed by atoms with Gasteiger partial charge < -0.3 is 9.84 Å². The maximum absolute atomic E-state index is 9.60. The van der Waals surface area contributed by atoms with E-state index in [1.165, 1.54) is 0 Å². The Labute approximate surface area is 130 Å². The number of aliphatic hydroxyl groups is 1. The number of hydrogen-bond acceptors (Lipinski definition) is 3. The summed E-state index contributed by atoms with van der Waals surface area (Å²) < 4.78 is 7.68. The smallest absolute Gasteiger partial charge is 0.131 e. The second-order valence-electron chi connectivity index (χ2n) is 4.91. The molecule has 5 heteroatoms. The Morgan fingerprint density at radius 2 is 2.14 bits per heavy atom. The topological polar surface area (TPSA) is 47.3 Å². The largest absolute Gasteiger partial charge is 0.487 e. The predicted octanol–water partition coefficient (Wildman–Crippen LogP) is 3.75. The van der Waals surface area contributed by atoms with Crippen LogP contribution in [-0.4, -0.2) is 14.9 Å². The lowest BCUT2D eigenvalue weighted by Crippen LogP contribution is -2.06. The SMILES string of the molecule is CCc1nn(CC)c(COc2cccc([C@@H](C)O)c2)c1Cl. The zero-order chi connectivity index (χ0) is 15.4.